The van der Waals surface area contributed by atoms with Crippen LogP contribution >= 0.6 is 11.6 Å². The van der Waals surface area contributed by atoms with E-state index >= 15 is 0 Å². The first-order valence-electron chi connectivity index (χ1n) is 16.3. The van der Waals surface area contributed by atoms with Crippen molar-refractivity contribution >= 4 is 44.7 Å². The number of carbonyl (C=O) groups is 2. The Hall–Kier alpha value is -4.04. The van der Waals surface area contributed by atoms with E-state index in [-0.39, 0.29) is 24.5 Å². The predicted molar refractivity (Wildman–Crippen MR) is 195 cm³/mol. The highest BCUT2D eigenvalue weighted by Gasteiger charge is 2.24. The van der Waals surface area contributed by atoms with Gasteiger partial charge in [0.1, 0.15) is 0 Å². The van der Waals surface area contributed by atoms with Crippen molar-refractivity contribution in [2.75, 3.05) is 11.1 Å². The topological polar surface area (TPSA) is 101 Å². The van der Waals surface area contributed by atoms with Gasteiger partial charge in [-0.2, -0.15) is 8.42 Å². The molecule has 1 aliphatic carbocycles. The van der Waals surface area contributed by atoms with Gasteiger partial charge in [0, 0.05) is 22.7 Å². The second-order valence-corrected chi connectivity index (χ2v) is 15.5. The molecule has 6 nitrogen and oxygen atoms in total. The Bertz CT molecular complexity index is 1910. The predicted octanol–water partition coefficient (Wildman–Crippen LogP) is 9.72. The zero-order valence-corrected chi connectivity index (χ0v) is 29.2. The van der Waals surface area contributed by atoms with Crippen LogP contribution in [0.4, 0.5) is 5.69 Å². The van der Waals surface area contributed by atoms with E-state index < -0.39 is 21.8 Å². The molecule has 1 amide bonds. The summed E-state index contributed by atoms with van der Waals surface area (Å²) in [5.74, 6) is -1.28. The zero-order chi connectivity index (χ0) is 34.5. The van der Waals surface area contributed by atoms with Gasteiger partial charge < -0.3 is 5.32 Å². The Morgan fingerprint density at radius 2 is 1.58 bits per heavy atom. The number of amides is 1. The molecule has 0 unspecified atom stereocenters. The van der Waals surface area contributed by atoms with Crippen molar-refractivity contribution in [3.63, 3.8) is 0 Å². The second-order valence-electron chi connectivity index (χ2n) is 13.5. The summed E-state index contributed by atoms with van der Waals surface area (Å²) in [6, 6.07) is 29.0. The average Bonchev–Trinajstić information content (AvgIpc) is 3.04. The Labute approximate surface area is 289 Å². The molecule has 0 aromatic heterocycles. The number of ketones is 1. The standard InChI is InChI=1S/C40H42ClNO5S/c1-27-25-34(41)16-19-36(27)31-14-17-35(18-15-31)42-39(44)37(32-12-10-29(11-13-32)30-20-22-40(2,3)23-21-30)26-28-6-8-33(9-7-28)38(43)5-4-24-48(45,46)47/h6-20,25,37H,4-5,21-24,26H2,1-3H3,(H,42,44)(H,45,46,47)/t37-/m1/s1. The number of rotatable bonds is 12. The van der Waals surface area contributed by atoms with Crippen molar-refractivity contribution in [2.24, 2.45) is 5.41 Å². The van der Waals surface area contributed by atoms with Gasteiger partial charge in [-0.05, 0) is 108 Å². The Morgan fingerprint density at radius 3 is 2.19 bits per heavy atom. The van der Waals surface area contributed by atoms with Crippen molar-refractivity contribution in [1.29, 1.82) is 0 Å². The Morgan fingerprint density at radius 1 is 0.917 bits per heavy atom. The quantitative estimate of drug-likeness (QED) is 0.114. The number of nitrogens with one attached hydrogen (secondary N) is 1. The summed E-state index contributed by atoms with van der Waals surface area (Å²) in [7, 11) is -4.11. The van der Waals surface area contributed by atoms with Gasteiger partial charge in [-0.25, -0.2) is 0 Å². The molecule has 0 saturated heterocycles. The van der Waals surface area contributed by atoms with Crippen molar-refractivity contribution in [2.45, 2.75) is 65.2 Å². The number of carbonyl (C=O) groups excluding carboxylic acids is 2. The van der Waals surface area contributed by atoms with Crippen LogP contribution < -0.4 is 5.32 Å². The highest BCUT2D eigenvalue weighted by Crippen LogP contribution is 2.38. The summed E-state index contributed by atoms with van der Waals surface area (Å²) in [4.78, 5) is 26.5. The molecule has 48 heavy (non-hydrogen) atoms. The molecule has 0 spiro atoms. The van der Waals surface area contributed by atoms with E-state index in [4.69, 9.17) is 16.2 Å². The van der Waals surface area contributed by atoms with E-state index in [0.29, 0.717) is 28.1 Å². The lowest BCUT2D eigenvalue weighted by atomic mass is 9.77. The summed E-state index contributed by atoms with van der Waals surface area (Å²) in [5.41, 5.74) is 8.95. The van der Waals surface area contributed by atoms with Crippen LogP contribution in [0.5, 0.6) is 0 Å². The molecule has 1 atom stereocenters. The van der Waals surface area contributed by atoms with Gasteiger partial charge in [0.15, 0.2) is 5.78 Å². The van der Waals surface area contributed by atoms with Crippen molar-refractivity contribution in [3.8, 4) is 11.1 Å². The summed E-state index contributed by atoms with van der Waals surface area (Å²) in [5, 5.41) is 3.81. The van der Waals surface area contributed by atoms with Crippen LogP contribution in [-0.4, -0.2) is 30.4 Å². The lowest BCUT2D eigenvalue weighted by Crippen LogP contribution is -2.23. The van der Waals surface area contributed by atoms with Crippen molar-refractivity contribution in [3.05, 3.63) is 130 Å². The highest BCUT2D eigenvalue weighted by molar-refractivity contribution is 7.85. The molecule has 0 heterocycles. The number of hydrogen-bond donors (Lipinski definition) is 2. The van der Waals surface area contributed by atoms with Crippen LogP contribution in [0.3, 0.4) is 0 Å². The van der Waals surface area contributed by atoms with Crippen LogP contribution in [-0.2, 0) is 21.3 Å². The normalized spacial score (nSPS) is 15.0. The zero-order valence-electron chi connectivity index (χ0n) is 27.6. The largest absolute Gasteiger partial charge is 0.326 e. The fourth-order valence-electron chi connectivity index (χ4n) is 6.17. The van der Waals surface area contributed by atoms with Crippen LogP contribution in [0, 0.1) is 12.3 Å². The minimum Gasteiger partial charge on any atom is -0.326 e. The molecule has 2 N–H and O–H groups in total. The fraction of sp³-hybridized carbons (Fsp3) is 0.300. The fourth-order valence-corrected chi connectivity index (χ4v) is 6.90. The Balaban J connectivity index is 1.35. The van der Waals surface area contributed by atoms with Gasteiger partial charge in [-0.3, -0.25) is 14.1 Å². The smallest absolute Gasteiger partial charge is 0.264 e. The molecular formula is C40H42ClNO5S. The van der Waals surface area contributed by atoms with E-state index in [0.717, 1.165) is 47.1 Å². The summed E-state index contributed by atoms with van der Waals surface area (Å²) in [6.45, 7) is 6.61. The number of Topliss-reactive ketones (excluding diaryl/α,β-unsaturated/α-hetero) is 1. The van der Waals surface area contributed by atoms with Crippen LogP contribution in [0.25, 0.3) is 16.7 Å². The lowest BCUT2D eigenvalue weighted by Gasteiger charge is -2.28. The summed E-state index contributed by atoms with van der Waals surface area (Å²) in [6.07, 6.45) is 6.03. The third kappa shape index (κ3) is 9.53. The molecule has 8 heteroatoms. The van der Waals surface area contributed by atoms with Gasteiger partial charge in [0.25, 0.3) is 10.1 Å². The third-order valence-corrected chi connectivity index (χ3v) is 10.2. The van der Waals surface area contributed by atoms with Gasteiger partial charge >= 0.3 is 0 Å². The number of anilines is 1. The average molecular weight is 684 g/mol. The molecule has 0 aliphatic heterocycles. The van der Waals surface area contributed by atoms with E-state index in [2.05, 4.69) is 37.4 Å². The van der Waals surface area contributed by atoms with E-state index in [1.807, 2.05) is 73.7 Å². The molecule has 0 radical (unpaired) electrons. The number of benzene rings is 4. The van der Waals surface area contributed by atoms with Crippen LogP contribution in [0.1, 0.15) is 84.5 Å². The molecule has 250 valence electrons. The maximum Gasteiger partial charge on any atom is 0.264 e. The lowest BCUT2D eigenvalue weighted by molar-refractivity contribution is -0.117. The van der Waals surface area contributed by atoms with E-state index in [1.54, 1.807) is 12.1 Å². The third-order valence-electron chi connectivity index (χ3n) is 9.15. The second kappa shape index (κ2) is 15.0. The van der Waals surface area contributed by atoms with Gasteiger partial charge in [-0.15, -0.1) is 0 Å². The monoisotopic (exact) mass is 683 g/mol. The maximum atomic E-state index is 13.9. The molecule has 4 aromatic rings. The Kier molecular flexibility index (Phi) is 11.0. The molecule has 0 fully saturated rings. The molecule has 1 aliphatic rings. The minimum atomic E-state index is -4.11. The van der Waals surface area contributed by atoms with Gasteiger partial charge in [0.05, 0.1) is 11.7 Å². The molecular weight excluding hydrogens is 642 g/mol. The number of allylic oxidation sites excluding steroid dienone is 2. The van der Waals surface area contributed by atoms with E-state index in [9.17, 15) is 18.0 Å². The first-order valence-corrected chi connectivity index (χ1v) is 18.3. The van der Waals surface area contributed by atoms with Gasteiger partial charge in [0.2, 0.25) is 5.91 Å². The van der Waals surface area contributed by atoms with Crippen LogP contribution in [0.15, 0.2) is 97.1 Å². The SMILES string of the molecule is Cc1cc(Cl)ccc1-c1ccc(NC(=O)[C@H](Cc2ccc(C(=O)CCCS(=O)(=O)O)cc2)c2ccc(C3=CCC(C)(C)CC3)cc2)cc1. The van der Waals surface area contributed by atoms with Crippen molar-refractivity contribution in [1.82, 2.24) is 0 Å². The van der Waals surface area contributed by atoms with E-state index in [1.165, 1.54) is 11.1 Å². The molecule has 4 aromatic carbocycles. The molecule has 5 rings (SSSR count). The minimum absolute atomic E-state index is 0.0147. The summed E-state index contributed by atoms with van der Waals surface area (Å²) < 4.78 is 31.0. The first-order chi connectivity index (χ1) is 22.8. The number of halogens is 1. The maximum absolute atomic E-state index is 13.9. The number of hydrogen-bond acceptors (Lipinski definition) is 4. The number of aryl methyl sites for hydroxylation is 1. The van der Waals surface area contributed by atoms with Crippen molar-refractivity contribution < 1.29 is 22.6 Å². The molecule has 0 saturated carbocycles. The van der Waals surface area contributed by atoms with Gasteiger partial charge in [-0.1, -0.05) is 98.3 Å². The first kappa shape index (κ1) is 35.3. The van der Waals surface area contributed by atoms with Crippen LogP contribution in [0.2, 0.25) is 5.02 Å². The summed E-state index contributed by atoms with van der Waals surface area (Å²) >= 11 is 6.15. The molecule has 0 bridgehead atoms. The highest BCUT2D eigenvalue weighted by atomic mass is 35.5.